The number of rotatable bonds is 4. The summed E-state index contributed by atoms with van der Waals surface area (Å²) in [6.07, 6.45) is 1.79. The minimum atomic E-state index is 0.679. The molecule has 0 fully saturated rings. The molecule has 4 nitrogen and oxygen atoms in total. The Morgan fingerprint density at radius 3 is 2.94 bits per heavy atom. The lowest BCUT2D eigenvalue weighted by atomic mass is 10.1. The fourth-order valence-electron chi connectivity index (χ4n) is 1.86. The second kappa shape index (κ2) is 5.54. The molecule has 0 aliphatic carbocycles. The summed E-state index contributed by atoms with van der Waals surface area (Å²) in [6.45, 7) is 1.49. The van der Waals surface area contributed by atoms with Crippen molar-refractivity contribution in [1.29, 1.82) is 0 Å². The van der Waals surface area contributed by atoms with E-state index < -0.39 is 0 Å². The van der Waals surface area contributed by atoms with Crippen molar-refractivity contribution in [3.8, 4) is 0 Å². The van der Waals surface area contributed by atoms with E-state index in [0.717, 1.165) is 33.3 Å². The SMILES string of the molecule is COCCN(C)c1ccc(N)c2cc(Br)cnc12. The van der Waals surface area contributed by atoms with Gasteiger partial charge in [0, 0.05) is 42.4 Å². The Labute approximate surface area is 115 Å². The summed E-state index contributed by atoms with van der Waals surface area (Å²) in [5.74, 6) is 0. The Kier molecular flexibility index (Phi) is 4.04. The molecular weight excluding hydrogens is 294 g/mol. The number of hydrogen-bond acceptors (Lipinski definition) is 4. The zero-order valence-electron chi connectivity index (χ0n) is 10.5. The minimum Gasteiger partial charge on any atom is -0.398 e. The minimum absolute atomic E-state index is 0.679. The molecular formula is C13H16BrN3O. The summed E-state index contributed by atoms with van der Waals surface area (Å²) >= 11 is 3.42. The Hall–Kier alpha value is -1.33. The molecule has 0 aliphatic heterocycles. The van der Waals surface area contributed by atoms with Crippen molar-refractivity contribution in [3.63, 3.8) is 0 Å². The smallest absolute Gasteiger partial charge is 0.0956 e. The monoisotopic (exact) mass is 309 g/mol. The van der Waals surface area contributed by atoms with Crippen LogP contribution < -0.4 is 10.6 Å². The Bertz CT molecular complexity index is 559. The number of benzene rings is 1. The van der Waals surface area contributed by atoms with Crippen molar-refractivity contribution in [1.82, 2.24) is 4.98 Å². The van der Waals surface area contributed by atoms with Crippen LogP contribution in [0.3, 0.4) is 0 Å². The van der Waals surface area contributed by atoms with Gasteiger partial charge in [-0.05, 0) is 34.1 Å². The standard InChI is InChI=1S/C13H16BrN3O/c1-17(5-6-18-2)12-4-3-11(15)10-7-9(14)8-16-13(10)12/h3-4,7-8H,5-6,15H2,1-2H3. The summed E-state index contributed by atoms with van der Waals surface area (Å²) in [5, 5.41) is 0.964. The maximum absolute atomic E-state index is 5.99. The molecule has 18 heavy (non-hydrogen) atoms. The van der Waals surface area contributed by atoms with Crippen LogP contribution in [0.5, 0.6) is 0 Å². The maximum atomic E-state index is 5.99. The first-order valence-electron chi connectivity index (χ1n) is 5.67. The molecule has 0 atom stereocenters. The second-order valence-corrected chi connectivity index (χ2v) is 5.05. The summed E-state index contributed by atoms with van der Waals surface area (Å²) in [6, 6.07) is 5.90. The first kappa shape index (κ1) is 13.1. The lowest BCUT2D eigenvalue weighted by molar-refractivity contribution is 0.206. The van der Waals surface area contributed by atoms with Crippen molar-refractivity contribution in [2.24, 2.45) is 0 Å². The van der Waals surface area contributed by atoms with Gasteiger partial charge in [-0.2, -0.15) is 0 Å². The van der Waals surface area contributed by atoms with Crippen LogP contribution in [0.4, 0.5) is 11.4 Å². The van der Waals surface area contributed by atoms with Gasteiger partial charge < -0.3 is 15.4 Å². The third-order valence-electron chi connectivity index (χ3n) is 2.87. The molecule has 1 heterocycles. The number of aromatic nitrogens is 1. The molecule has 0 aliphatic rings. The number of methoxy groups -OCH3 is 1. The average Bonchev–Trinajstić information content (AvgIpc) is 2.37. The lowest BCUT2D eigenvalue weighted by Crippen LogP contribution is -2.22. The number of nitrogen functional groups attached to an aromatic ring is 1. The molecule has 0 amide bonds. The summed E-state index contributed by atoms with van der Waals surface area (Å²) < 4.78 is 6.02. The molecule has 0 spiro atoms. The summed E-state index contributed by atoms with van der Waals surface area (Å²) in [7, 11) is 3.72. The predicted molar refractivity (Wildman–Crippen MR) is 79.0 cm³/mol. The summed E-state index contributed by atoms with van der Waals surface area (Å²) in [4.78, 5) is 6.58. The number of hydrogen-bond donors (Lipinski definition) is 1. The van der Waals surface area contributed by atoms with Gasteiger partial charge in [0.1, 0.15) is 0 Å². The molecule has 5 heteroatoms. The lowest BCUT2D eigenvalue weighted by Gasteiger charge is -2.20. The van der Waals surface area contributed by atoms with Gasteiger partial charge in [-0.1, -0.05) is 0 Å². The number of likely N-dealkylation sites (N-methyl/N-ethyl adjacent to an activating group) is 1. The zero-order valence-corrected chi connectivity index (χ0v) is 12.1. The Morgan fingerprint density at radius 1 is 1.44 bits per heavy atom. The van der Waals surface area contributed by atoms with Crippen LogP contribution in [-0.4, -0.2) is 32.3 Å². The van der Waals surface area contributed by atoms with Crippen molar-refractivity contribution in [2.45, 2.75) is 0 Å². The molecule has 96 valence electrons. The molecule has 2 rings (SSSR count). The molecule has 2 aromatic rings. The van der Waals surface area contributed by atoms with Crippen molar-refractivity contribution < 1.29 is 4.74 Å². The number of fused-ring (bicyclic) bond motifs is 1. The molecule has 0 saturated heterocycles. The van der Waals surface area contributed by atoms with Crippen molar-refractivity contribution >= 4 is 38.2 Å². The van der Waals surface area contributed by atoms with Crippen LogP contribution in [0.2, 0.25) is 0 Å². The van der Waals surface area contributed by atoms with E-state index in [-0.39, 0.29) is 0 Å². The predicted octanol–water partition coefficient (Wildman–Crippen LogP) is 2.66. The van der Waals surface area contributed by atoms with E-state index in [1.807, 2.05) is 25.2 Å². The van der Waals surface area contributed by atoms with Gasteiger partial charge in [-0.15, -0.1) is 0 Å². The van der Waals surface area contributed by atoms with Crippen LogP contribution in [0.15, 0.2) is 28.9 Å². The van der Waals surface area contributed by atoms with Gasteiger partial charge in [-0.25, -0.2) is 0 Å². The Morgan fingerprint density at radius 2 is 2.22 bits per heavy atom. The van der Waals surface area contributed by atoms with Gasteiger partial charge >= 0.3 is 0 Å². The van der Waals surface area contributed by atoms with Crippen molar-refractivity contribution in [2.75, 3.05) is 37.9 Å². The average molecular weight is 310 g/mol. The van der Waals surface area contributed by atoms with E-state index in [9.17, 15) is 0 Å². The topological polar surface area (TPSA) is 51.4 Å². The molecule has 0 bridgehead atoms. The second-order valence-electron chi connectivity index (χ2n) is 4.14. The largest absolute Gasteiger partial charge is 0.398 e. The highest BCUT2D eigenvalue weighted by atomic mass is 79.9. The third kappa shape index (κ3) is 2.57. The number of halogens is 1. The highest BCUT2D eigenvalue weighted by Gasteiger charge is 2.09. The third-order valence-corrected chi connectivity index (χ3v) is 3.30. The van der Waals surface area contributed by atoms with Gasteiger partial charge in [-0.3, -0.25) is 4.98 Å². The number of nitrogens with two attached hydrogens (primary N) is 1. The van der Waals surface area contributed by atoms with Crippen LogP contribution in [0, 0.1) is 0 Å². The quantitative estimate of drug-likeness (QED) is 0.882. The molecule has 2 N–H and O–H groups in total. The normalized spacial score (nSPS) is 10.8. The molecule has 0 unspecified atom stereocenters. The molecule has 0 saturated carbocycles. The van der Waals surface area contributed by atoms with Crippen LogP contribution in [0.1, 0.15) is 0 Å². The first-order valence-corrected chi connectivity index (χ1v) is 6.46. The number of ether oxygens (including phenoxy) is 1. The fraction of sp³-hybridized carbons (Fsp3) is 0.308. The van der Waals surface area contributed by atoms with Gasteiger partial charge in [0.15, 0.2) is 0 Å². The fourth-order valence-corrected chi connectivity index (χ4v) is 2.19. The van der Waals surface area contributed by atoms with E-state index in [0.29, 0.717) is 6.61 Å². The van der Waals surface area contributed by atoms with E-state index in [2.05, 4.69) is 25.8 Å². The van der Waals surface area contributed by atoms with Crippen molar-refractivity contribution in [3.05, 3.63) is 28.9 Å². The van der Waals surface area contributed by atoms with Gasteiger partial charge in [0.2, 0.25) is 0 Å². The van der Waals surface area contributed by atoms with Crippen LogP contribution >= 0.6 is 15.9 Å². The number of pyridine rings is 1. The first-order chi connectivity index (χ1) is 8.63. The van der Waals surface area contributed by atoms with Gasteiger partial charge in [0.05, 0.1) is 17.8 Å². The number of anilines is 2. The van der Waals surface area contributed by atoms with Crippen LogP contribution in [0.25, 0.3) is 10.9 Å². The molecule has 1 aromatic heterocycles. The van der Waals surface area contributed by atoms with Crippen LogP contribution in [-0.2, 0) is 4.74 Å². The van der Waals surface area contributed by atoms with E-state index >= 15 is 0 Å². The molecule has 0 radical (unpaired) electrons. The maximum Gasteiger partial charge on any atom is 0.0956 e. The number of nitrogens with zero attached hydrogens (tertiary/aromatic N) is 2. The Balaban J connectivity index is 2.48. The zero-order chi connectivity index (χ0) is 13.1. The van der Waals surface area contributed by atoms with E-state index in [1.54, 1.807) is 13.3 Å². The highest BCUT2D eigenvalue weighted by molar-refractivity contribution is 9.10. The van der Waals surface area contributed by atoms with Gasteiger partial charge in [0.25, 0.3) is 0 Å². The molecule has 1 aromatic carbocycles. The van der Waals surface area contributed by atoms with E-state index in [1.165, 1.54) is 0 Å². The van der Waals surface area contributed by atoms with E-state index in [4.69, 9.17) is 10.5 Å². The highest BCUT2D eigenvalue weighted by Crippen LogP contribution is 2.30. The summed E-state index contributed by atoms with van der Waals surface area (Å²) in [5.41, 5.74) is 8.70.